The molecule has 4 heteroatoms. The van der Waals surface area contributed by atoms with E-state index in [4.69, 9.17) is 0 Å². The Hall–Kier alpha value is 0.750. The first-order chi connectivity index (χ1) is 4.77. The summed E-state index contributed by atoms with van der Waals surface area (Å²) in [7, 11) is 0. The predicted octanol–water partition coefficient (Wildman–Crippen LogP) is 3.03. The number of rotatable bonds is 6. The van der Waals surface area contributed by atoms with Gasteiger partial charge in [0.2, 0.25) is 0 Å². The van der Waals surface area contributed by atoms with Crippen LogP contribution >= 0.6 is 0 Å². The SMILES string of the molecule is CC(C)CCCCC[CH2][Hf+3].[OH-].[OH-].[OH-]. The summed E-state index contributed by atoms with van der Waals surface area (Å²) in [5.74, 6) is 0.913. The molecule has 0 atom stereocenters. The van der Waals surface area contributed by atoms with E-state index >= 15 is 0 Å². The van der Waals surface area contributed by atoms with Crippen molar-refractivity contribution in [3.63, 3.8) is 0 Å². The fourth-order valence-corrected chi connectivity index (χ4v) is 1.93. The largest absolute Gasteiger partial charge is 0.870 e. The van der Waals surface area contributed by atoms with E-state index in [0.717, 1.165) is 5.92 Å². The van der Waals surface area contributed by atoms with Gasteiger partial charge in [-0.15, -0.1) is 0 Å². The quantitative estimate of drug-likeness (QED) is 0.541. The molecule has 0 aromatic rings. The first-order valence-electron chi connectivity index (χ1n) is 4.42. The zero-order valence-corrected chi connectivity index (χ0v) is 12.3. The molecule has 0 aliphatic rings. The summed E-state index contributed by atoms with van der Waals surface area (Å²) in [5, 5.41) is 0. The first kappa shape index (κ1) is 23.5. The minimum absolute atomic E-state index is 0. The van der Waals surface area contributed by atoms with E-state index in [-0.39, 0.29) is 16.4 Å². The average molecular weight is 357 g/mol. The summed E-state index contributed by atoms with van der Waals surface area (Å²) in [6.07, 6.45) is 7.33. The summed E-state index contributed by atoms with van der Waals surface area (Å²) < 4.78 is 1.50. The Morgan fingerprint density at radius 1 is 0.846 bits per heavy atom. The monoisotopic (exact) mass is 358 g/mol. The Balaban J connectivity index is -0.000000135. The molecule has 0 saturated heterocycles. The van der Waals surface area contributed by atoms with Gasteiger partial charge in [-0.2, -0.15) is 0 Å². The molecule has 0 aliphatic carbocycles. The first-order valence-corrected chi connectivity index (χ1v) is 6.96. The molecular formula is C9H22HfO3. The van der Waals surface area contributed by atoms with Crippen LogP contribution in [0, 0.1) is 5.92 Å². The van der Waals surface area contributed by atoms with Crippen molar-refractivity contribution in [2.45, 2.75) is 50.1 Å². The molecule has 0 rings (SSSR count). The van der Waals surface area contributed by atoms with E-state index in [1.54, 1.807) is 0 Å². The van der Waals surface area contributed by atoms with Crippen molar-refractivity contribution in [1.29, 1.82) is 0 Å². The van der Waals surface area contributed by atoms with Gasteiger partial charge in [-0.25, -0.2) is 0 Å². The molecule has 0 radical (unpaired) electrons. The van der Waals surface area contributed by atoms with Crippen molar-refractivity contribution in [1.82, 2.24) is 0 Å². The van der Waals surface area contributed by atoms with E-state index in [2.05, 4.69) is 13.8 Å². The standard InChI is InChI=1S/C9H19.Hf.3H2O/c1-4-5-6-7-8-9(2)3;;;;/h9H,1,4-8H2,2-3H3;;3*1H2/q;+3;;;/p-3. The Labute approximate surface area is 96.8 Å². The van der Waals surface area contributed by atoms with E-state index in [1.807, 2.05) is 0 Å². The maximum absolute atomic E-state index is 2.31. The summed E-state index contributed by atoms with van der Waals surface area (Å²) in [6, 6.07) is 0. The molecule has 0 spiro atoms. The van der Waals surface area contributed by atoms with Crippen LogP contribution in [0.4, 0.5) is 0 Å². The zero-order valence-electron chi connectivity index (χ0n) is 8.66. The normalized spacial score (nSPS) is 8.38. The van der Waals surface area contributed by atoms with Gasteiger partial charge in [-0.1, -0.05) is 0 Å². The van der Waals surface area contributed by atoms with E-state index < -0.39 is 0 Å². The second kappa shape index (κ2) is 18.5. The van der Waals surface area contributed by atoms with Gasteiger partial charge in [0.05, 0.1) is 0 Å². The average Bonchev–Trinajstić information content (AvgIpc) is 1.87. The molecule has 0 unspecified atom stereocenters. The number of unbranched alkanes of at least 4 members (excludes halogenated alkanes) is 3. The van der Waals surface area contributed by atoms with Gasteiger partial charge < -0.3 is 16.4 Å². The smallest absolute Gasteiger partial charge is 0.870 e. The van der Waals surface area contributed by atoms with Crippen molar-refractivity contribution < 1.29 is 40.8 Å². The molecule has 0 saturated carbocycles. The number of hydrogen-bond donors (Lipinski definition) is 0. The predicted molar refractivity (Wildman–Crippen MR) is 48.5 cm³/mol. The van der Waals surface area contributed by atoms with Gasteiger partial charge >= 0.3 is 80.4 Å². The Kier molecular flexibility index (Phi) is 33.5. The number of hydrogen-bond acceptors (Lipinski definition) is 3. The third-order valence-corrected chi connectivity index (χ3v) is 2.98. The molecule has 0 fully saturated rings. The summed E-state index contributed by atoms with van der Waals surface area (Å²) >= 11 is 1.40. The van der Waals surface area contributed by atoms with Gasteiger partial charge in [0.15, 0.2) is 0 Å². The molecule has 13 heavy (non-hydrogen) atoms. The van der Waals surface area contributed by atoms with Crippen molar-refractivity contribution in [2.24, 2.45) is 5.92 Å². The van der Waals surface area contributed by atoms with Gasteiger partial charge in [-0.3, -0.25) is 0 Å². The van der Waals surface area contributed by atoms with Crippen LogP contribution in [-0.4, -0.2) is 16.4 Å². The molecule has 0 aromatic heterocycles. The fraction of sp³-hybridized carbons (Fsp3) is 1.00. The Bertz CT molecular complexity index is 69.9. The van der Waals surface area contributed by atoms with E-state index in [0.29, 0.717) is 0 Å². The third-order valence-electron chi connectivity index (χ3n) is 1.71. The molecular weight excluding hydrogens is 335 g/mol. The maximum atomic E-state index is 2.31. The molecule has 3 nitrogen and oxygen atoms in total. The van der Waals surface area contributed by atoms with Crippen molar-refractivity contribution >= 4 is 0 Å². The third kappa shape index (κ3) is 24.5. The van der Waals surface area contributed by atoms with Crippen LogP contribution in [-0.2, 0) is 24.4 Å². The van der Waals surface area contributed by atoms with Crippen molar-refractivity contribution in [3.05, 3.63) is 0 Å². The Morgan fingerprint density at radius 3 is 1.69 bits per heavy atom. The summed E-state index contributed by atoms with van der Waals surface area (Å²) in [5.41, 5.74) is 0. The van der Waals surface area contributed by atoms with Crippen molar-refractivity contribution in [3.8, 4) is 0 Å². The van der Waals surface area contributed by atoms with Crippen LogP contribution in [0.15, 0.2) is 0 Å². The second-order valence-electron chi connectivity index (χ2n) is 3.35. The minimum atomic E-state index is 0. The van der Waals surface area contributed by atoms with Crippen molar-refractivity contribution in [2.75, 3.05) is 0 Å². The van der Waals surface area contributed by atoms with Crippen LogP contribution in [0.3, 0.4) is 0 Å². The van der Waals surface area contributed by atoms with E-state index in [1.165, 1.54) is 60.7 Å². The molecule has 80 valence electrons. The Morgan fingerprint density at radius 2 is 1.31 bits per heavy atom. The van der Waals surface area contributed by atoms with Crippen LogP contribution in [0.25, 0.3) is 0 Å². The summed E-state index contributed by atoms with van der Waals surface area (Å²) in [4.78, 5) is 0. The van der Waals surface area contributed by atoms with Crippen LogP contribution in [0.1, 0.15) is 46.0 Å². The van der Waals surface area contributed by atoms with E-state index in [9.17, 15) is 0 Å². The van der Waals surface area contributed by atoms with Gasteiger partial charge in [0.1, 0.15) is 0 Å². The minimum Gasteiger partial charge on any atom is -0.870 e. The molecule has 0 bridgehead atoms. The van der Waals surface area contributed by atoms with Gasteiger partial charge in [0, 0.05) is 0 Å². The topological polar surface area (TPSA) is 90.0 Å². The second-order valence-corrected chi connectivity index (χ2v) is 5.14. The molecule has 0 aromatic carbocycles. The maximum Gasteiger partial charge on any atom is -0.870 e. The molecule has 3 N–H and O–H groups in total. The van der Waals surface area contributed by atoms with Gasteiger partial charge in [0.25, 0.3) is 0 Å². The van der Waals surface area contributed by atoms with Crippen LogP contribution in [0.2, 0.25) is 4.18 Å². The van der Waals surface area contributed by atoms with Gasteiger partial charge in [-0.05, 0) is 0 Å². The van der Waals surface area contributed by atoms with Crippen LogP contribution < -0.4 is 0 Å². The molecule has 0 heterocycles. The fourth-order valence-electron chi connectivity index (χ4n) is 1.03. The van der Waals surface area contributed by atoms with Crippen LogP contribution in [0.5, 0.6) is 0 Å². The summed E-state index contributed by atoms with van der Waals surface area (Å²) in [6.45, 7) is 4.62. The zero-order chi connectivity index (χ0) is 7.82. The molecule has 0 aliphatic heterocycles. The molecule has 0 amide bonds.